The van der Waals surface area contributed by atoms with Crippen LogP contribution in [0.15, 0.2) is 30.8 Å². The van der Waals surface area contributed by atoms with E-state index < -0.39 is 18.1 Å². The molecule has 1 aromatic rings. The molecule has 1 aromatic carbocycles. The predicted molar refractivity (Wildman–Crippen MR) is 124 cm³/mol. The number of rotatable bonds is 8. The minimum Gasteiger partial charge on any atom is -0.348 e. The summed E-state index contributed by atoms with van der Waals surface area (Å²) in [6, 6.07) is 6.14. The van der Waals surface area contributed by atoms with Crippen molar-refractivity contribution < 1.29 is 9.59 Å². The van der Waals surface area contributed by atoms with E-state index in [-0.39, 0.29) is 29.6 Å². The van der Waals surface area contributed by atoms with E-state index in [0.29, 0.717) is 13.0 Å². The molecule has 6 N–H and O–H groups in total. The van der Waals surface area contributed by atoms with Gasteiger partial charge in [0, 0.05) is 6.54 Å². The highest BCUT2D eigenvalue weighted by molar-refractivity contribution is 5.91. The smallest absolute Gasteiger partial charge is 0.239 e. The van der Waals surface area contributed by atoms with Crippen LogP contribution in [0.4, 0.5) is 0 Å². The molecule has 1 saturated heterocycles. The van der Waals surface area contributed by atoms with Gasteiger partial charge in [-0.25, -0.2) is 5.43 Å². The molecule has 1 aliphatic heterocycles. The van der Waals surface area contributed by atoms with Crippen LogP contribution in [0, 0.1) is 11.3 Å². The minimum absolute atomic E-state index is 0.0109. The van der Waals surface area contributed by atoms with E-state index in [0.717, 1.165) is 17.5 Å². The van der Waals surface area contributed by atoms with E-state index in [1.165, 1.54) is 0 Å². The maximum atomic E-state index is 12.8. The van der Waals surface area contributed by atoms with Gasteiger partial charge in [-0.05, 0) is 49.8 Å². The lowest BCUT2D eigenvalue weighted by atomic mass is 10.0. The largest absolute Gasteiger partial charge is 0.348 e. The van der Waals surface area contributed by atoms with Gasteiger partial charge in [0.25, 0.3) is 0 Å². The van der Waals surface area contributed by atoms with E-state index >= 15 is 0 Å². The van der Waals surface area contributed by atoms with Gasteiger partial charge in [0.05, 0.1) is 18.1 Å². The summed E-state index contributed by atoms with van der Waals surface area (Å²) in [5.41, 5.74) is 11.0. The molecule has 0 aromatic heterocycles. The number of amidine groups is 1. The molecule has 2 amide bonds. The number of nitrogens with one attached hydrogen (secondary N) is 4. The molecule has 2 rings (SSSR count). The lowest BCUT2D eigenvalue weighted by molar-refractivity contribution is -0.126. The molecule has 8 nitrogen and oxygen atoms in total. The Kier molecular flexibility index (Phi) is 8.76. The number of nitrogens with two attached hydrogens (primary N) is 1. The normalized spacial score (nSPS) is 19.3. The zero-order chi connectivity index (χ0) is 23.1. The Bertz CT molecular complexity index is 809. The SMILES string of the molecule is C=Cc1cccc([C@@H](C)NC(=O)[C@@H]2CCCN(C(=N)C(C)NC(=O)[C@@H](N)C(C)C)N2)c1. The molecule has 1 unspecified atom stereocenters. The van der Waals surface area contributed by atoms with E-state index in [2.05, 4.69) is 22.6 Å². The molecule has 0 aliphatic carbocycles. The Morgan fingerprint density at radius 1 is 1.29 bits per heavy atom. The Morgan fingerprint density at radius 2 is 2.00 bits per heavy atom. The lowest BCUT2D eigenvalue weighted by Crippen LogP contribution is -2.61. The van der Waals surface area contributed by atoms with Crippen LogP contribution in [-0.4, -0.2) is 47.3 Å². The van der Waals surface area contributed by atoms with Crippen LogP contribution in [0.25, 0.3) is 6.08 Å². The number of hydrogen-bond acceptors (Lipinski definition) is 5. The zero-order valence-corrected chi connectivity index (χ0v) is 18.9. The summed E-state index contributed by atoms with van der Waals surface area (Å²) in [5.74, 6) is -0.188. The molecule has 31 heavy (non-hydrogen) atoms. The number of carbonyl (C=O) groups excluding carboxylic acids is 2. The van der Waals surface area contributed by atoms with Crippen molar-refractivity contribution in [3.63, 3.8) is 0 Å². The summed E-state index contributed by atoms with van der Waals surface area (Å²) < 4.78 is 0. The van der Waals surface area contributed by atoms with Crippen molar-refractivity contribution in [2.24, 2.45) is 11.7 Å². The average molecular weight is 429 g/mol. The van der Waals surface area contributed by atoms with Crippen molar-refractivity contribution in [1.82, 2.24) is 21.1 Å². The Balaban J connectivity index is 1.94. The molecule has 170 valence electrons. The first-order valence-electron chi connectivity index (χ1n) is 10.8. The van der Waals surface area contributed by atoms with Crippen LogP contribution in [0.1, 0.15) is 57.7 Å². The van der Waals surface area contributed by atoms with E-state index in [4.69, 9.17) is 11.1 Å². The first-order chi connectivity index (χ1) is 14.6. The van der Waals surface area contributed by atoms with Gasteiger partial charge in [-0.2, -0.15) is 0 Å². The average Bonchev–Trinajstić information content (AvgIpc) is 2.77. The second kappa shape index (κ2) is 11.1. The third kappa shape index (κ3) is 6.63. The highest BCUT2D eigenvalue weighted by Gasteiger charge is 2.30. The minimum atomic E-state index is -0.621. The molecule has 0 spiro atoms. The first kappa shape index (κ1) is 24.6. The highest BCUT2D eigenvalue weighted by atomic mass is 16.2. The van der Waals surface area contributed by atoms with Crippen molar-refractivity contribution in [2.75, 3.05) is 6.54 Å². The number of hydrazine groups is 1. The lowest BCUT2D eigenvalue weighted by Gasteiger charge is -2.37. The summed E-state index contributed by atoms with van der Waals surface area (Å²) in [7, 11) is 0. The Hall–Kier alpha value is -2.71. The van der Waals surface area contributed by atoms with Gasteiger partial charge in [-0.1, -0.05) is 44.7 Å². The molecule has 0 bridgehead atoms. The van der Waals surface area contributed by atoms with Gasteiger partial charge in [0.2, 0.25) is 11.8 Å². The van der Waals surface area contributed by atoms with Gasteiger partial charge >= 0.3 is 0 Å². The molecule has 0 radical (unpaired) electrons. The molecule has 1 heterocycles. The van der Waals surface area contributed by atoms with Crippen molar-refractivity contribution >= 4 is 23.7 Å². The fourth-order valence-electron chi connectivity index (χ4n) is 3.42. The monoisotopic (exact) mass is 428 g/mol. The molecular formula is C23H36N6O2. The van der Waals surface area contributed by atoms with Crippen molar-refractivity contribution in [2.45, 2.75) is 64.7 Å². The summed E-state index contributed by atoms with van der Waals surface area (Å²) in [5, 5.41) is 15.9. The fraction of sp³-hybridized carbons (Fsp3) is 0.522. The second-order valence-corrected chi connectivity index (χ2v) is 8.47. The molecule has 0 saturated carbocycles. The Labute approximate surface area is 185 Å². The van der Waals surface area contributed by atoms with Gasteiger partial charge < -0.3 is 16.4 Å². The molecule has 4 atom stereocenters. The van der Waals surface area contributed by atoms with E-state index in [1.807, 2.05) is 45.0 Å². The summed E-state index contributed by atoms with van der Waals surface area (Å²) in [6.07, 6.45) is 3.21. The first-order valence-corrected chi connectivity index (χ1v) is 10.8. The third-order valence-electron chi connectivity index (χ3n) is 5.59. The van der Waals surface area contributed by atoms with Crippen LogP contribution in [0.2, 0.25) is 0 Å². The summed E-state index contributed by atoms with van der Waals surface area (Å²) in [4.78, 5) is 25.1. The van der Waals surface area contributed by atoms with Crippen LogP contribution in [0.5, 0.6) is 0 Å². The topological polar surface area (TPSA) is 123 Å². The molecule has 1 aliphatic rings. The predicted octanol–water partition coefficient (Wildman–Crippen LogP) is 1.94. The van der Waals surface area contributed by atoms with Crippen LogP contribution in [0.3, 0.4) is 0 Å². The zero-order valence-electron chi connectivity index (χ0n) is 18.9. The van der Waals surface area contributed by atoms with E-state index in [9.17, 15) is 9.59 Å². The molecular weight excluding hydrogens is 392 g/mol. The molecule has 8 heteroatoms. The standard InChI is InChI=1S/C23H36N6O2/c1-6-17-9-7-10-18(13-17)15(4)26-22(30)19-11-8-12-29(28-19)21(25)16(5)27-23(31)20(24)14(2)3/h6-7,9-10,13-16,19-20,25,28H,1,8,11-12,24H2,2-5H3,(H,26,30)(H,27,31)/t15-,16?,19+,20+/m1/s1. The van der Waals surface area contributed by atoms with Gasteiger partial charge in [0.1, 0.15) is 11.9 Å². The van der Waals surface area contributed by atoms with Crippen LogP contribution in [-0.2, 0) is 9.59 Å². The van der Waals surface area contributed by atoms with Gasteiger partial charge in [-0.15, -0.1) is 0 Å². The molecule has 1 fully saturated rings. The van der Waals surface area contributed by atoms with Gasteiger partial charge in [0.15, 0.2) is 0 Å². The summed E-state index contributed by atoms with van der Waals surface area (Å²) in [6.45, 7) is 11.8. The summed E-state index contributed by atoms with van der Waals surface area (Å²) >= 11 is 0. The second-order valence-electron chi connectivity index (χ2n) is 8.47. The number of nitrogens with zero attached hydrogens (tertiary/aromatic N) is 1. The van der Waals surface area contributed by atoms with E-state index in [1.54, 1.807) is 18.0 Å². The third-order valence-corrected chi connectivity index (χ3v) is 5.59. The number of amides is 2. The Morgan fingerprint density at radius 3 is 2.65 bits per heavy atom. The van der Waals surface area contributed by atoms with Crippen molar-refractivity contribution in [1.29, 1.82) is 5.41 Å². The number of benzene rings is 1. The maximum Gasteiger partial charge on any atom is 0.239 e. The van der Waals surface area contributed by atoms with Crippen LogP contribution < -0.4 is 21.8 Å². The fourth-order valence-corrected chi connectivity index (χ4v) is 3.42. The number of hydrogen-bond donors (Lipinski definition) is 5. The highest BCUT2D eigenvalue weighted by Crippen LogP contribution is 2.16. The quantitative estimate of drug-likeness (QED) is 0.320. The van der Waals surface area contributed by atoms with Crippen LogP contribution >= 0.6 is 0 Å². The number of carbonyl (C=O) groups is 2. The van der Waals surface area contributed by atoms with Crippen molar-refractivity contribution in [3.8, 4) is 0 Å². The van der Waals surface area contributed by atoms with Gasteiger partial charge in [-0.3, -0.25) is 20.0 Å². The van der Waals surface area contributed by atoms with Crippen molar-refractivity contribution in [3.05, 3.63) is 42.0 Å². The maximum absolute atomic E-state index is 12.8.